The normalized spacial score (nSPS) is 25.3. The largest absolute Gasteiger partial charge is 0.350 e. The van der Waals surface area contributed by atoms with Crippen molar-refractivity contribution in [3.05, 3.63) is 35.9 Å². The van der Waals surface area contributed by atoms with Crippen molar-refractivity contribution >= 4 is 27.5 Å². The molecule has 1 aromatic carbocycles. The second kappa shape index (κ2) is 6.00. The number of hydrogen-bond donors (Lipinski definition) is 2. The predicted molar refractivity (Wildman–Crippen MR) is 88.5 cm³/mol. The van der Waals surface area contributed by atoms with E-state index in [0.29, 0.717) is 6.54 Å². The minimum Gasteiger partial charge on any atom is -0.350 e. The van der Waals surface area contributed by atoms with E-state index in [2.05, 4.69) is 26.1 Å². The molecule has 1 aromatic rings. The minimum absolute atomic E-state index is 0.0339. The van der Waals surface area contributed by atoms with Crippen LogP contribution in [0, 0.1) is 0 Å². The first-order valence-corrected chi connectivity index (χ1v) is 8.98. The zero-order chi connectivity index (χ0) is 14.8. The van der Waals surface area contributed by atoms with Crippen LogP contribution in [0.15, 0.2) is 30.3 Å². The van der Waals surface area contributed by atoms with Gasteiger partial charge < -0.3 is 11.1 Å². The summed E-state index contributed by atoms with van der Waals surface area (Å²) in [7, 11) is 3.53. The Balaban J connectivity index is 1.79. The van der Waals surface area contributed by atoms with Gasteiger partial charge in [-0.15, -0.1) is 0 Å². The summed E-state index contributed by atoms with van der Waals surface area (Å²) in [5, 5.41) is 3.17. The van der Waals surface area contributed by atoms with E-state index in [9.17, 15) is 4.79 Å². The summed E-state index contributed by atoms with van der Waals surface area (Å²) >= 11 is 0. The molecule has 1 aliphatic rings. The molecule has 2 atom stereocenters. The van der Waals surface area contributed by atoms with Gasteiger partial charge in [-0.1, -0.05) is 72.7 Å². The molecule has 5 heteroatoms. The van der Waals surface area contributed by atoms with Gasteiger partial charge in [0.2, 0.25) is 5.91 Å². The highest BCUT2D eigenvalue weighted by atomic mass is 33.1. The summed E-state index contributed by atoms with van der Waals surface area (Å²) in [6.07, 6.45) is 0.765. The van der Waals surface area contributed by atoms with E-state index in [-0.39, 0.29) is 15.9 Å². The summed E-state index contributed by atoms with van der Waals surface area (Å²) in [6, 6.07) is 9.90. The van der Waals surface area contributed by atoms with Gasteiger partial charge in [-0.05, 0) is 12.0 Å². The highest BCUT2D eigenvalue weighted by Gasteiger charge is 2.57. The predicted octanol–water partition coefficient (Wildman–Crippen LogP) is 2.95. The molecule has 0 spiro atoms. The zero-order valence-electron chi connectivity index (χ0n) is 12.2. The van der Waals surface area contributed by atoms with Gasteiger partial charge >= 0.3 is 0 Å². The van der Waals surface area contributed by atoms with Gasteiger partial charge in [-0.2, -0.15) is 0 Å². The Morgan fingerprint density at radius 3 is 2.65 bits per heavy atom. The molecular weight excluding hydrogens is 288 g/mol. The molecular formula is C15H22N2OS2. The Kier molecular flexibility index (Phi) is 4.72. The number of benzene rings is 1. The van der Waals surface area contributed by atoms with E-state index < -0.39 is 5.54 Å². The van der Waals surface area contributed by atoms with Crippen molar-refractivity contribution in [2.45, 2.75) is 49.3 Å². The van der Waals surface area contributed by atoms with Crippen molar-refractivity contribution in [1.82, 2.24) is 5.32 Å². The van der Waals surface area contributed by atoms with Crippen LogP contribution in [0.1, 0.15) is 32.8 Å². The van der Waals surface area contributed by atoms with Crippen LogP contribution in [0.5, 0.6) is 0 Å². The molecule has 3 N–H and O–H groups in total. The molecule has 0 saturated heterocycles. The molecule has 3 nitrogen and oxygen atoms in total. The highest BCUT2D eigenvalue weighted by Crippen LogP contribution is 2.52. The Bertz CT molecular complexity index is 473. The van der Waals surface area contributed by atoms with Crippen LogP contribution in [-0.2, 0) is 11.3 Å². The number of hydrogen-bond acceptors (Lipinski definition) is 4. The van der Waals surface area contributed by atoms with Crippen LogP contribution in [0.4, 0.5) is 0 Å². The average Bonchev–Trinajstić information content (AvgIpc) is 3.07. The molecule has 2 rings (SSSR count). The van der Waals surface area contributed by atoms with Gasteiger partial charge in [0.25, 0.3) is 0 Å². The summed E-state index contributed by atoms with van der Waals surface area (Å²) < 4.78 is 0.189. The quantitative estimate of drug-likeness (QED) is 0.821. The molecule has 1 unspecified atom stereocenters. The minimum atomic E-state index is -0.683. The third kappa shape index (κ3) is 4.17. The molecule has 1 amide bonds. The van der Waals surface area contributed by atoms with E-state index in [1.165, 1.54) is 0 Å². The molecule has 1 saturated carbocycles. The third-order valence-corrected chi connectivity index (χ3v) is 6.97. The SMILES string of the molecule is CC(C)(C)SS[C@@H]1CC1(N)C(=O)NCc1ccccc1. The van der Waals surface area contributed by atoms with Gasteiger partial charge in [0, 0.05) is 16.5 Å². The lowest BCUT2D eigenvalue weighted by Gasteiger charge is -2.17. The first-order valence-electron chi connectivity index (χ1n) is 6.77. The Hall–Kier alpha value is -0.650. The van der Waals surface area contributed by atoms with Crippen LogP contribution >= 0.6 is 21.6 Å². The van der Waals surface area contributed by atoms with Crippen molar-refractivity contribution in [3.63, 3.8) is 0 Å². The van der Waals surface area contributed by atoms with Crippen LogP contribution in [0.25, 0.3) is 0 Å². The fourth-order valence-corrected chi connectivity index (χ4v) is 4.71. The maximum Gasteiger partial charge on any atom is 0.241 e. The lowest BCUT2D eigenvalue weighted by Crippen LogP contribution is -2.44. The van der Waals surface area contributed by atoms with Crippen LogP contribution < -0.4 is 11.1 Å². The van der Waals surface area contributed by atoms with E-state index >= 15 is 0 Å². The van der Waals surface area contributed by atoms with E-state index in [0.717, 1.165) is 12.0 Å². The molecule has 0 aromatic heterocycles. The third-order valence-electron chi connectivity index (χ3n) is 3.07. The fourth-order valence-electron chi connectivity index (χ4n) is 1.75. The molecule has 0 radical (unpaired) electrons. The second-order valence-electron chi connectivity index (χ2n) is 6.19. The lowest BCUT2D eigenvalue weighted by molar-refractivity contribution is -0.123. The number of nitrogens with two attached hydrogens (primary N) is 1. The first-order chi connectivity index (χ1) is 9.31. The standard InChI is InChI=1S/C15H22N2OS2/c1-14(2,3)20-19-12-9-15(12,16)13(18)17-10-11-7-5-4-6-8-11/h4-8,12H,9-10,16H2,1-3H3,(H,17,18)/t12-,15?/m1/s1. The Labute approximate surface area is 128 Å². The summed E-state index contributed by atoms with van der Waals surface area (Å²) in [6.45, 7) is 7.05. The number of amides is 1. The van der Waals surface area contributed by atoms with Crippen molar-refractivity contribution in [3.8, 4) is 0 Å². The van der Waals surface area contributed by atoms with Crippen LogP contribution in [-0.4, -0.2) is 21.4 Å². The summed E-state index contributed by atoms with van der Waals surface area (Å²) in [5.74, 6) is -0.0339. The average molecular weight is 310 g/mol. The fraction of sp³-hybridized carbons (Fsp3) is 0.533. The molecule has 110 valence electrons. The molecule has 1 fully saturated rings. The molecule has 0 heterocycles. The molecule has 1 aliphatic carbocycles. The second-order valence-corrected chi connectivity index (χ2v) is 9.42. The van der Waals surface area contributed by atoms with E-state index in [4.69, 9.17) is 5.73 Å². The monoisotopic (exact) mass is 310 g/mol. The lowest BCUT2D eigenvalue weighted by atomic mass is 10.2. The Morgan fingerprint density at radius 2 is 2.05 bits per heavy atom. The maximum atomic E-state index is 12.2. The van der Waals surface area contributed by atoms with Crippen molar-refractivity contribution in [2.75, 3.05) is 0 Å². The maximum absolute atomic E-state index is 12.2. The van der Waals surface area contributed by atoms with Gasteiger partial charge in [0.05, 0.1) is 0 Å². The number of rotatable bonds is 5. The highest BCUT2D eigenvalue weighted by molar-refractivity contribution is 8.77. The summed E-state index contributed by atoms with van der Waals surface area (Å²) in [4.78, 5) is 12.2. The van der Waals surface area contributed by atoms with Crippen LogP contribution in [0.2, 0.25) is 0 Å². The zero-order valence-corrected chi connectivity index (χ0v) is 13.8. The first kappa shape index (κ1) is 15.7. The molecule has 0 aliphatic heterocycles. The van der Waals surface area contributed by atoms with Gasteiger partial charge in [0.1, 0.15) is 5.54 Å². The number of nitrogens with one attached hydrogen (secondary N) is 1. The van der Waals surface area contributed by atoms with E-state index in [1.807, 2.05) is 30.3 Å². The topological polar surface area (TPSA) is 55.1 Å². The van der Waals surface area contributed by atoms with Crippen molar-refractivity contribution in [1.29, 1.82) is 0 Å². The number of carbonyl (C=O) groups excluding carboxylic acids is 1. The Morgan fingerprint density at radius 1 is 1.40 bits per heavy atom. The molecule has 0 bridgehead atoms. The van der Waals surface area contributed by atoms with Gasteiger partial charge in [-0.3, -0.25) is 4.79 Å². The summed E-state index contributed by atoms with van der Waals surface area (Å²) in [5.41, 5.74) is 6.59. The van der Waals surface area contributed by atoms with E-state index in [1.54, 1.807) is 21.6 Å². The smallest absolute Gasteiger partial charge is 0.241 e. The molecule has 20 heavy (non-hydrogen) atoms. The van der Waals surface area contributed by atoms with Crippen molar-refractivity contribution in [2.24, 2.45) is 5.73 Å². The number of carbonyl (C=O) groups is 1. The van der Waals surface area contributed by atoms with Crippen LogP contribution in [0.3, 0.4) is 0 Å². The van der Waals surface area contributed by atoms with Gasteiger partial charge in [-0.25, -0.2) is 0 Å². The van der Waals surface area contributed by atoms with Gasteiger partial charge in [0.15, 0.2) is 0 Å². The van der Waals surface area contributed by atoms with Crippen molar-refractivity contribution < 1.29 is 4.79 Å².